The van der Waals surface area contributed by atoms with Crippen LogP contribution in [0.2, 0.25) is 0 Å². The molecule has 5 aromatic rings. The minimum atomic E-state index is -4.37. The molecule has 6 rings (SSSR count). The molecule has 1 unspecified atom stereocenters. The molecule has 218 valence electrons. The zero-order valence-electron chi connectivity index (χ0n) is 24.0. The van der Waals surface area contributed by atoms with Crippen molar-refractivity contribution in [2.24, 2.45) is 0 Å². The second-order valence-corrected chi connectivity index (χ2v) is 11.3. The van der Waals surface area contributed by atoms with E-state index in [1.54, 1.807) is 12.1 Å². The summed E-state index contributed by atoms with van der Waals surface area (Å²) >= 11 is 0. The summed E-state index contributed by atoms with van der Waals surface area (Å²) in [5.74, 6) is -0.222. The van der Waals surface area contributed by atoms with Crippen LogP contribution in [-0.2, 0) is 12.7 Å². The Bertz CT molecular complexity index is 1840. The van der Waals surface area contributed by atoms with E-state index in [1.807, 2.05) is 67.3 Å². The van der Waals surface area contributed by atoms with Gasteiger partial charge in [0, 0.05) is 53.8 Å². The fraction of sp³-hybridized carbons (Fsp3) is 0.222. The van der Waals surface area contributed by atoms with Gasteiger partial charge in [0.25, 0.3) is 5.91 Å². The highest BCUT2D eigenvalue weighted by Gasteiger charge is 2.33. The van der Waals surface area contributed by atoms with E-state index >= 15 is 0 Å². The van der Waals surface area contributed by atoms with Crippen molar-refractivity contribution in [3.8, 4) is 0 Å². The third-order valence-corrected chi connectivity index (χ3v) is 8.49. The Kier molecular flexibility index (Phi) is 7.42. The summed E-state index contributed by atoms with van der Waals surface area (Å²) < 4.78 is 41.2. The first-order valence-electron chi connectivity index (χ1n) is 14.3. The average Bonchev–Trinajstić information content (AvgIpc) is 3.62. The number of halogens is 3. The van der Waals surface area contributed by atoms with Crippen LogP contribution in [0.3, 0.4) is 0 Å². The molecule has 1 aromatic heterocycles. The molecular formula is C36H31F3N2O2. The third kappa shape index (κ3) is 5.47. The normalized spacial score (nSPS) is 15.3. The predicted molar refractivity (Wildman–Crippen MR) is 162 cm³/mol. The van der Waals surface area contributed by atoms with Crippen molar-refractivity contribution < 1.29 is 22.8 Å². The molecule has 1 aliphatic rings. The number of para-hydroxylation sites is 1. The second kappa shape index (κ2) is 11.2. The molecule has 0 aliphatic carbocycles. The zero-order chi connectivity index (χ0) is 30.3. The molecule has 4 nitrogen and oxygen atoms in total. The van der Waals surface area contributed by atoms with Crippen molar-refractivity contribution in [3.63, 3.8) is 0 Å². The lowest BCUT2D eigenvalue weighted by atomic mass is 9.92. The maximum absolute atomic E-state index is 14.0. The molecule has 0 saturated carbocycles. The van der Waals surface area contributed by atoms with Crippen LogP contribution >= 0.6 is 0 Å². The first kappa shape index (κ1) is 28.5. The number of amides is 1. The van der Waals surface area contributed by atoms with Gasteiger partial charge in [-0.2, -0.15) is 13.2 Å². The van der Waals surface area contributed by atoms with Crippen molar-refractivity contribution >= 4 is 22.6 Å². The Balaban J connectivity index is 1.27. The summed E-state index contributed by atoms with van der Waals surface area (Å²) in [7, 11) is 0. The van der Waals surface area contributed by atoms with Crippen LogP contribution in [0.25, 0.3) is 10.9 Å². The number of likely N-dealkylation sites (tertiary alicyclic amines) is 1. The van der Waals surface area contributed by atoms with Gasteiger partial charge < -0.3 is 9.47 Å². The van der Waals surface area contributed by atoms with Crippen LogP contribution in [0, 0.1) is 13.8 Å². The number of alkyl halides is 3. The number of carbonyl (C=O) groups excluding carboxylic acids is 2. The van der Waals surface area contributed by atoms with E-state index in [9.17, 15) is 22.8 Å². The Hall–Kier alpha value is -4.65. The molecule has 0 bridgehead atoms. The number of fused-ring (bicyclic) bond motifs is 1. The van der Waals surface area contributed by atoms with Gasteiger partial charge in [0.05, 0.1) is 11.1 Å². The van der Waals surface area contributed by atoms with Gasteiger partial charge in [0.2, 0.25) is 0 Å². The van der Waals surface area contributed by atoms with Gasteiger partial charge in [0.1, 0.15) is 0 Å². The monoisotopic (exact) mass is 580 g/mol. The molecule has 2 heterocycles. The number of rotatable bonds is 6. The molecule has 1 atom stereocenters. The molecule has 4 aromatic carbocycles. The van der Waals surface area contributed by atoms with E-state index in [0.717, 1.165) is 51.7 Å². The SMILES string of the molecule is Cc1ccccc1C(=O)c1cccc(C)c1C(=O)N1CCC(c2cn(Cc3ccc(C(F)(F)F)cc3)c3ccccc23)C1. The molecule has 7 heteroatoms. The van der Waals surface area contributed by atoms with Crippen molar-refractivity contribution in [2.75, 3.05) is 13.1 Å². The summed E-state index contributed by atoms with van der Waals surface area (Å²) in [6.07, 6.45) is -1.53. The average molecular weight is 581 g/mol. The maximum Gasteiger partial charge on any atom is 0.416 e. The number of carbonyl (C=O) groups is 2. The van der Waals surface area contributed by atoms with Crippen LogP contribution < -0.4 is 0 Å². The highest BCUT2D eigenvalue weighted by molar-refractivity contribution is 6.16. The van der Waals surface area contributed by atoms with Crippen molar-refractivity contribution in [2.45, 2.75) is 38.9 Å². The third-order valence-electron chi connectivity index (χ3n) is 8.49. The molecule has 1 amide bonds. The number of aromatic nitrogens is 1. The van der Waals surface area contributed by atoms with Crippen LogP contribution in [0.5, 0.6) is 0 Å². The Morgan fingerprint density at radius 3 is 2.23 bits per heavy atom. The number of benzene rings is 4. The van der Waals surface area contributed by atoms with E-state index in [0.29, 0.717) is 36.3 Å². The van der Waals surface area contributed by atoms with Crippen molar-refractivity contribution in [3.05, 3.63) is 142 Å². The van der Waals surface area contributed by atoms with Gasteiger partial charge in [-0.1, -0.05) is 72.8 Å². The number of hydrogen-bond acceptors (Lipinski definition) is 2. The fourth-order valence-corrected chi connectivity index (χ4v) is 6.20. The molecule has 0 radical (unpaired) electrons. The van der Waals surface area contributed by atoms with Gasteiger partial charge >= 0.3 is 6.18 Å². The summed E-state index contributed by atoms with van der Waals surface area (Å²) in [5, 5.41) is 1.07. The van der Waals surface area contributed by atoms with Crippen LogP contribution in [0.15, 0.2) is 97.2 Å². The minimum Gasteiger partial charge on any atom is -0.343 e. The van der Waals surface area contributed by atoms with Gasteiger partial charge in [-0.15, -0.1) is 0 Å². The molecular weight excluding hydrogens is 549 g/mol. The summed E-state index contributed by atoms with van der Waals surface area (Å²) in [5.41, 5.74) is 5.28. The molecule has 1 saturated heterocycles. The van der Waals surface area contributed by atoms with Crippen LogP contribution in [0.1, 0.15) is 66.4 Å². The number of hydrogen-bond donors (Lipinski definition) is 0. The summed E-state index contributed by atoms with van der Waals surface area (Å²) in [6, 6.07) is 26.1. The van der Waals surface area contributed by atoms with E-state index in [1.165, 1.54) is 12.1 Å². The smallest absolute Gasteiger partial charge is 0.343 e. The second-order valence-electron chi connectivity index (χ2n) is 11.3. The number of nitrogens with zero attached hydrogens (tertiary/aromatic N) is 2. The Labute approximate surface area is 248 Å². The zero-order valence-corrected chi connectivity index (χ0v) is 24.0. The topological polar surface area (TPSA) is 42.3 Å². The number of ketones is 1. The molecule has 1 fully saturated rings. The summed E-state index contributed by atoms with van der Waals surface area (Å²) in [4.78, 5) is 29.4. The highest BCUT2D eigenvalue weighted by atomic mass is 19.4. The molecule has 1 aliphatic heterocycles. The first-order valence-corrected chi connectivity index (χ1v) is 14.3. The van der Waals surface area contributed by atoms with E-state index in [-0.39, 0.29) is 17.6 Å². The Morgan fingerprint density at radius 1 is 0.814 bits per heavy atom. The fourth-order valence-electron chi connectivity index (χ4n) is 6.20. The highest BCUT2D eigenvalue weighted by Crippen LogP contribution is 2.36. The van der Waals surface area contributed by atoms with E-state index in [2.05, 4.69) is 16.8 Å². The van der Waals surface area contributed by atoms with Gasteiger partial charge in [0.15, 0.2) is 5.78 Å². The van der Waals surface area contributed by atoms with Crippen molar-refractivity contribution in [1.82, 2.24) is 9.47 Å². The van der Waals surface area contributed by atoms with Crippen LogP contribution in [0.4, 0.5) is 13.2 Å². The van der Waals surface area contributed by atoms with Gasteiger partial charge in [-0.3, -0.25) is 9.59 Å². The van der Waals surface area contributed by atoms with Crippen LogP contribution in [-0.4, -0.2) is 34.2 Å². The molecule has 0 N–H and O–H groups in total. The Morgan fingerprint density at radius 2 is 1.49 bits per heavy atom. The first-order chi connectivity index (χ1) is 20.6. The lowest BCUT2D eigenvalue weighted by Crippen LogP contribution is -2.30. The summed E-state index contributed by atoms with van der Waals surface area (Å²) in [6.45, 7) is 5.27. The molecule has 43 heavy (non-hydrogen) atoms. The standard InChI is InChI=1S/C36H31F3N2O2/c1-23-8-3-4-10-28(23)34(42)30-12-7-9-24(2)33(30)35(43)40-19-18-26(21-40)31-22-41(32-13-6-5-11-29(31)32)20-25-14-16-27(17-15-25)36(37,38)39/h3-17,22,26H,18-21H2,1-2H3. The lowest BCUT2D eigenvalue weighted by Gasteiger charge is -2.20. The minimum absolute atomic E-state index is 0.0854. The quantitative estimate of drug-likeness (QED) is 0.190. The predicted octanol–water partition coefficient (Wildman–Crippen LogP) is 8.19. The largest absolute Gasteiger partial charge is 0.416 e. The van der Waals surface area contributed by atoms with Crippen molar-refractivity contribution in [1.29, 1.82) is 0 Å². The van der Waals surface area contributed by atoms with Gasteiger partial charge in [-0.05, 0) is 60.7 Å². The van der Waals surface area contributed by atoms with E-state index < -0.39 is 11.7 Å². The molecule has 0 spiro atoms. The van der Waals surface area contributed by atoms with E-state index in [4.69, 9.17) is 0 Å². The maximum atomic E-state index is 14.0. The van der Waals surface area contributed by atoms with Gasteiger partial charge in [-0.25, -0.2) is 0 Å². The lowest BCUT2D eigenvalue weighted by molar-refractivity contribution is -0.137. The number of aryl methyl sites for hydroxylation is 2.